The van der Waals surface area contributed by atoms with Gasteiger partial charge in [-0.15, -0.1) is 0 Å². The molecule has 1 unspecified atom stereocenters. The maximum atomic E-state index is 10.5. The van der Waals surface area contributed by atoms with Crippen molar-refractivity contribution < 1.29 is 5.11 Å². The fourth-order valence-corrected chi connectivity index (χ4v) is 2.22. The molecule has 0 amide bonds. The summed E-state index contributed by atoms with van der Waals surface area (Å²) in [4.78, 5) is 4.33. The third-order valence-electron chi connectivity index (χ3n) is 3.48. The van der Waals surface area contributed by atoms with Crippen molar-refractivity contribution in [1.29, 1.82) is 0 Å². The van der Waals surface area contributed by atoms with Crippen LogP contribution in [0.25, 0.3) is 0 Å². The van der Waals surface area contributed by atoms with Crippen molar-refractivity contribution in [2.45, 2.75) is 39.2 Å². The van der Waals surface area contributed by atoms with Crippen LogP contribution in [-0.4, -0.2) is 10.1 Å². The van der Waals surface area contributed by atoms with Crippen LogP contribution >= 0.6 is 0 Å². The van der Waals surface area contributed by atoms with Gasteiger partial charge in [0, 0.05) is 6.20 Å². The molecule has 1 heterocycles. The molecule has 0 saturated carbocycles. The highest BCUT2D eigenvalue weighted by atomic mass is 16.3. The van der Waals surface area contributed by atoms with E-state index in [-0.39, 0.29) is 0 Å². The lowest BCUT2D eigenvalue weighted by Crippen LogP contribution is -2.06. The maximum absolute atomic E-state index is 10.5. The van der Waals surface area contributed by atoms with E-state index < -0.39 is 6.10 Å². The Bertz CT molecular complexity index is 531. The van der Waals surface area contributed by atoms with E-state index in [1.807, 2.05) is 24.3 Å². The van der Waals surface area contributed by atoms with E-state index in [9.17, 15) is 5.11 Å². The normalized spacial score (nSPS) is 12.7. The highest BCUT2D eigenvalue weighted by Gasteiger charge is 2.15. The molecule has 2 rings (SSSR count). The number of rotatable bonds is 4. The first-order valence-electron chi connectivity index (χ1n) is 6.85. The van der Waals surface area contributed by atoms with Gasteiger partial charge in [0.05, 0.1) is 5.69 Å². The molecule has 1 atom stereocenters. The zero-order valence-electron chi connectivity index (χ0n) is 11.8. The highest BCUT2D eigenvalue weighted by molar-refractivity contribution is 5.33. The first kappa shape index (κ1) is 13.8. The van der Waals surface area contributed by atoms with Crippen LogP contribution in [0, 0.1) is 0 Å². The predicted octanol–water partition coefficient (Wildman–Crippen LogP) is 3.85. The summed E-state index contributed by atoms with van der Waals surface area (Å²) in [5, 5.41) is 10.5. The van der Waals surface area contributed by atoms with Crippen LogP contribution < -0.4 is 0 Å². The summed E-state index contributed by atoms with van der Waals surface area (Å²) in [5.41, 5.74) is 4.05. The zero-order chi connectivity index (χ0) is 13.8. The van der Waals surface area contributed by atoms with Crippen LogP contribution in [-0.2, 0) is 6.42 Å². The molecular formula is C17H21NO. The highest BCUT2D eigenvalue weighted by Crippen LogP contribution is 2.25. The fraction of sp³-hybridized carbons (Fsp3) is 0.353. The van der Waals surface area contributed by atoms with E-state index in [1.165, 1.54) is 5.56 Å². The minimum Gasteiger partial charge on any atom is -0.382 e. The molecule has 100 valence electrons. The largest absolute Gasteiger partial charge is 0.382 e. The third kappa shape index (κ3) is 3.02. The number of nitrogens with zero attached hydrogens (tertiary/aromatic N) is 1. The lowest BCUT2D eigenvalue weighted by Gasteiger charge is -2.15. The van der Waals surface area contributed by atoms with Crippen molar-refractivity contribution in [3.8, 4) is 0 Å². The van der Waals surface area contributed by atoms with Gasteiger partial charge in [-0.3, -0.25) is 4.98 Å². The number of hydrogen-bond donors (Lipinski definition) is 1. The number of pyridine rings is 1. The summed E-state index contributed by atoms with van der Waals surface area (Å²) in [6, 6.07) is 12.1. The van der Waals surface area contributed by atoms with Crippen molar-refractivity contribution in [2.75, 3.05) is 0 Å². The van der Waals surface area contributed by atoms with Gasteiger partial charge in [-0.2, -0.15) is 0 Å². The Hall–Kier alpha value is -1.67. The average Bonchev–Trinajstić information content (AvgIpc) is 2.46. The number of aliphatic hydroxyl groups is 1. The molecule has 0 radical (unpaired) electrons. The molecule has 1 aromatic heterocycles. The van der Waals surface area contributed by atoms with Crippen LogP contribution in [0.3, 0.4) is 0 Å². The first-order valence-corrected chi connectivity index (χ1v) is 6.85. The van der Waals surface area contributed by atoms with Gasteiger partial charge in [0.15, 0.2) is 0 Å². The van der Waals surface area contributed by atoms with Crippen LogP contribution in [0.1, 0.15) is 55.2 Å². The van der Waals surface area contributed by atoms with E-state index in [4.69, 9.17) is 0 Å². The Balaban J connectivity index is 2.30. The summed E-state index contributed by atoms with van der Waals surface area (Å²) >= 11 is 0. The van der Waals surface area contributed by atoms with E-state index in [1.54, 1.807) is 6.20 Å². The van der Waals surface area contributed by atoms with Gasteiger partial charge in [-0.05, 0) is 35.1 Å². The summed E-state index contributed by atoms with van der Waals surface area (Å²) in [6.45, 7) is 6.41. The summed E-state index contributed by atoms with van der Waals surface area (Å²) < 4.78 is 0. The molecule has 2 nitrogen and oxygen atoms in total. The van der Waals surface area contributed by atoms with Gasteiger partial charge in [-0.25, -0.2) is 0 Å². The van der Waals surface area contributed by atoms with Crippen molar-refractivity contribution in [3.63, 3.8) is 0 Å². The zero-order valence-corrected chi connectivity index (χ0v) is 11.8. The Morgan fingerprint density at radius 1 is 1.05 bits per heavy atom. The molecule has 2 heteroatoms. The maximum Gasteiger partial charge on any atom is 0.121 e. The van der Waals surface area contributed by atoms with Crippen LogP contribution in [0.15, 0.2) is 42.6 Å². The Kier molecular flexibility index (Phi) is 4.33. The molecule has 0 aliphatic heterocycles. The first-order chi connectivity index (χ1) is 9.13. The predicted molar refractivity (Wildman–Crippen MR) is 78.2 cm³/mol. The Morgan fingerprint density at radius 2 is 1.68 bits per heavy atom. The fourth-order valence-electron chi connectivity index (χ4n) is 2.22. The van der Waals surface area contributed by atoms with Gasteiger partial charge in [0.1, 0.15) is 6.10 Å². The van der Waals surface area contributed by atoms with Gasteiger partial charge in [0.2, 0.25) is 0 Å². The van der Waals surface area contributed by atoms with Gasteiger partial charge < -0.3 is 5.11 Å². The van der Waals surface area contributed by atoms with Crippen molar-refractivity contribution in [1.82, 2.24) is 4.98 Å². The molecule has 0 aliphatic rings. The van der Waals surface area contributed by atoms with Crippen LogP contribution in [0.2, 0.25) is 0 Å². The van der Waals surface area contributed by atoms with E-state index in [2.05, 4.69) is 37.9 Å². The van der Waals surface area contributed by atoms with E-state index in [0.29, 0.717) is 5.92 Å². The monoisotopic (exact) mass is 255 g/mol. The van der Waals surface area contributed by atoms with Crippen molar-refractivity contribution >= 4 is 0 Å². The van der Waals surface area contributed by atoms with Crippen LogP contribution in [0.4, 0.5) is 0 Å². The summed E-state index contributed by atoms with van der Waals surface area (Å²) in [7, 11) is 0. The quantitative estimate of drug-likeness (QED) is 0.900. The van der Waals surface area contributed by atoms with Gasteiger partial charge in [0.25, 0.3) is 0 Å². The number of hydrogen-bond acceptors (Lipinski definition) is 2. The molecule has 0 fully saturated rings. The molecule has 0 saturated heterocycles. The number of aryl methyl sites for hydroxylation is 1. The molecule has 0 bridgehead atoms. The van der Waals surface area contributed by atoms with Gasteiger partial charge >= 0.3 is 0 Å². The Morgan fingerprint density at radius 3 is 2.26 bits per heavy atom. The second-order valence-corrected chi connectivity index (χ2v) is 5.13. The second-order valence-electron chi connectivity index (χ2n) is 5.13. The molecule has 19 heavy (non-hydrogen) atoms. The molecule has 0 aliphatic carbocycles. The molecule has 1 N–H and O–H groups in total. The van der Waals surface area contributed by atoms with Gasteiger partial charge in [-0.1, -0.05) is 51.1 Å². The molecular weight excluding hydrogens is 234 g/mol. The van der Waals surface area contributed by atoms with Crippen molar-refractivity contribution in [2.24, 2.45) is 0 Å². The molecule has 2 aromatic rings. The van der Waals surface area contributed by atoms with Crippen molar-refractivity contribution in [3.05, 3.63) is 65.0 Å². The van der Waals surface area contributed by atoms with Crippen LogP contribution in [0.5, 0.6) is 0 Å². The smallest absolute Gasteiger partial charge is 0.121 e. The summed E-state index contributed by atoms with van der Waals surface area (Å²) in [5.74, 6) is 0.507. The lowest BCUT2D eigenvalue weighted by atomic mass is 9.97. The minimum atomic E-state index is -0.641. The average molecular weight is 255 g/mol. The minimum absolute atomic E-state index is 0.507. The number of aliphatic hydroxyl groups excluding tert-OH is 1. The van der Waals surface area contributed by atoms with E-state index in [0.717, 1.165) is 23.2 Å². The Labute approximate surface area is 115 Å². The lowest BCUT2D eigenvalue weighted by molar-refractivity contribution is 0.214. The number of benzene rings is 1. The molecule has 1 aromatic carbocycles. The second kappa shape index (κ2) is 5.98. The molecule has 0 spiro atoms. The summed E-state index contributed by atoms with van der Waals surface area (Å²) in [6.07, 6.45) is 1.97. The topological polar surface area (TPSA) is 33.1 Å². The standard InChI is InChI=1S/C17H21NO/c1-4-13-6-5-11-18-16(13)17(19)15-9-7-14(8-10-15)12(2)3/h5-12,17,19H,4H2,1-3H3. The number of aromatic nitrogens is 1. The SMILES string of the molecule is CCc1cccnc1C(O)c1ccc(C(C)C)cc1. The third-order valence-corrected chi connectivity index (χ3v) is 3.48. The van der Waals surface area contributed by atoms with E-state index >= 15 is 0 Å².